The summed E-state index contributed by atoms with van der Waals surface area (Å²) in [7, 11) is 2.00. The van der Waals surface area contributed by atoms with Crippen LogP contribution in [-0.2, 0) is 12.1 Å². The van der Waals surface area contributed by atoms with E-state index in [1.165, 1.54) is 12.1 Å². The van der Waals surface area contributed by atoms with Crippen LogP contribution in [0.25, 0.3) is 0 Å². The van der Waals surface area contributed by atoms with E-state index in [0.717, 1.165) is 12.5 Å². The maximum absolute atomic E-state index is 4.29. The highest BCUT2D eigenvalue weighted by Crippen LogP contribution is 2.52. The van der Waals surface area contributed by atoms with Gasteiger partial charge in [0.05, 0.1) is 17.6 Å². The Kier molecular flexibility index (Phi) is 2.61. The van der Waals surface area contributed by atoms with Gasteiger partial charge in [-0.25, -0.2) is 4.98 Å². The molecule has 1 heterocycles. The molecule has 1 atom stereocenters. The zero-order valence-electron chi connectivity index (χ0n) is 11.0. The molecular formula is C13H23N3. The summed E-state index contributed by atoms with van der Waals surface area (Å²) >= 11 is 0. The Balaban J connectivity index is 2.14. The van der Waals surface area contributed by atoms with Gasteiger partial charge in [0.25, 0.3) is 0 Å². The first-order valence-electron chi connectivity index (χ1n) is 6.06. The van der Waals surface area contributed by atoms with E-state index in [9.17, 15) is 0 Å². The predicted octanol–water partition coefficient (Wildman–Crippen LogP) is 2.38. The van der Waals surface area contributed by atoms with Crippen LogP contribution in [0.15, 0.2) is 12.5 Å². The first-order valence-corrected chi connectivity index (χ1v) is 6.06. The molecule has 3 heteroatoms. The molecule has 0 saturated heterocycles. The Morgan fingerprint density at radius 2 is 2.19 bits per heavy atom. The average molecular weight is 221 g/mol. The van der Waals surface area contributed by atoms with E-state index >= 15 is 0 Å². The lowest BCUT2D eigenvalue weighted by Crippen LogP contribution is -2.35. The molecule has 0 aromatic carbocycles. The summed E-state index contributed by atoms with van der Waals surface area (Å²) < 4.78 is 2.30. The van der Waals surface area contributed by atoms with Gasteiger partial charge in [-0.1, -0.05) is 13.8 Å². The molecule has 0 radical (unpaired) electrons. The Morgan fingerprint density at radius 3 is 2.69 bits per heavy atom. The number of rotatable bonds is 4. The van der Waals surface area contributed by atoms with Gasteiger partial charge in [-0.3, -0.25) is 0 Å². The highest BCUT2D eigenvalue weighted by Gasteiger charge is 2.45. The lowest BCUT2D eigenvalue weighted by molar-refractivity contribution is 0.394. The Bertz CT molecular complexity index is 376. The zero-order chi connectivity index (χ0) is 12.0. The molecular weight excluding hydrogens is 198 g/mol. The van der Waals surface area contributed by atoms with Crippen molar-refractivity contribution in [3.8, 4) is 0 Å². The molecule has 16 heavy (non-hydrogen) atoms. The van der Waals surface area contributed by atoms with Crippen molar-refractivity contribution in [3.63, 3.8) is 0 Å². The number of imidazole rings is 1. The summed E-state index contributed by atoms with van der Waals surface area (Å²) in [5.74, 6) is 0.813. The minimum atomic E-state index is -0.00443. The molecule has 0 spiro atoms. The first kappa shape index (κ1) is 11.6. The number of nitrogens with one attached hydrogen (secondary N) is 1. The van der Waals surface area contributed by atoms with Crippen molar-refractivity contribution < 1.29 is 0 Å². The molecule has 1 N–H and O–H groups in total. The molecule has 90 valence electrons. The standard InChI is InChI=1S/C13H23N3/c1-12(2)6-10(12)8-16-9-15-7-11(16)13(3,4)14-5/h7,9-10,14H,6,8H2,1-5H3. The third kappa shape index (κ3) is 2.01. The van der Waals surface area contributed by atoms with Crippen molar-refractivity contribution in [2.24, 2.45) is 11.3 Å². The van der Waals surface area contributed by atoms with Crippen molar-refractivity contribution in [3.05, 3.63) is 18.2 Å². The molecule has 3 nitrogen and oxygen atoms in total. The van der Waals surface area contributed by atoms with Crippen molar-refractivity contribution in [1.82, 2.24) is 14.9 Å². The predicted molar refractivity (Wildman–Crippen MR) is 66.2 cm³/mol. The highest BCUT2D eigenvalue weighted by molar-refractivity contribution is 5.12. The summed E-state index contributed by atoms with van der Waals surface area (Å²) in [5.41, 5.74) is 1.80. The minimum Gasteiger partial charge on any atom is -0.333 e. The van der Waals surface area contributed by atoms with Gasteiger partial charge in [0.1, 0.15) is 0 Å². The molecule has 1 fully saturated rings. The Hall–Kier alpha value is -0.830. The van der Waals surface area contributed by atoms with Crippen molar-refractivity contribution >= 4 is 0 Å². The summed E-state index contributed by atoms with van der Waals surface area (Å²) in [6.07, 6.45) is 5.28. The smallest absolute Gasteiger partial charge is 0.0948 e. The maximum atomic E-state index is 4.29. The molecule has 0 bridgehead atoms. The van der Waals surface area contributed by atoms with Gasteiger partial charge < -0.3 is 9.88 Å². The maximum Gasteiger partial charge on any atom is 0.0948 e. The number of aromatic nitrogens is 2. The molecule has 1 aliphatic rings. The fraction of sp³-hybridized carbons (Fsp3) is 0.769. The van der Waals surface area contributed by atoms with Crippen molar-refractivity contribution in [2.45, 2.75) is 46.2 Å². The van der Waals surface area contributed by atoms with E-state index in [0.29, 0.717) is 5.41 Å². The van der Waals surface area contributed by atoms with Crippen LogP contribution >= 0.6 is 0 Å². The third-order valence-corrected chi connectivity index (χ3v) is 4.11. The lowest BCUT2D eigenvalue weighted by Gasteiger charge is -2.25. The van der Waals surface area contributed by atoms with E-state index in [1.54, 1.807) is 0 Å². The number of hydrogen-bond acceptors (Lipinski definition) is 2. The molecule has 1 aromatic heterocycles. The van der Waals surface area contributed by atoms with Crippen LogP contribution in [0.1, 0.15) is 39.8 Å². The fourth-order valence-electron chi connectivity index (χ4n) is 2.24. The van der Waals surface area contributed by atoms with Crippen LogP contribution in [0.4, 0.5) is 0 Å². The van der Waals surface area contributed by atoms with Gasteiger partial charge in [-0.05, 0) is 38.6 Å². The molecule has 2 rings (SSSR count). The molecule has 1 aliphatic carbocycles. The normalized spacial score (nSPS) is 23.4. The SMILES string of the molecule is CNC(C)(C)c1cncn1CC1CC1(C)C. The first-order chi connectivity index (χ1) is 7.37. The summed E-state index contributed by atoms with van der Waals surface area (Å²) in [4.78, 5) is 4.29. The van der Waals surface area contributed by atoms with Gasteiger partial charge in [-0.15, -0.1) is 0 Å². The number of hydrogen-bond donors (Lipinski definition) is 1. The van der Waals surface area contributed by atoms with E-state index in [4.69, 9.17) is 0 Å². The van der Waals surface area contributed by atoms with Gasteiger partial charge in [-0.2, -0.15) is 0 Å². The minimum absolute atomic E-state index is 0.00443. The van der Waals surface area contributed by atoms with Crippen LogP contribution in [0.5, 0.6) is 0 Å². The van der Waals surface area contributed by atoms with Crippen LogP contribution in [0.3, 0.4) is 0 Å². The quantitative estimate of drug-likeness (QED) is 0.846. The lowest BCUT2D eigenvalue weighted by atomic mass is 10.0. The van der Waals surface area contributed by atoms with Crippen LogP contribution < -0.4 is 5.32 Å². The summed E-state index contributed by atoms with van der Waals surface area (Å²) in [6, 6.07) is 0. The molecule has 1 aromatic rings. The van der Waals surface area contributed by atoms with Crippen LogP contribution in [0, 0.1) is 11.3 Å². The molecule has 1 unspecified atom stereocenters. The van der Waals surface area contributed by atoms with Crippen molar-refractivity contribution in [1.29, 1.82) is 0 Å². The largest absolute Gasteiger partial charge is 0.333 e. The van der Waals surface area contributed by atoms with Gasteiger partial charge in [0.15, 0.2) is 0 Å². The van der Waals surface area contributed by atoms with E-state index < -0.39 is 0 Å². The second-order valence-electron chi connectivity index (χ2n) is 6.20. The topological polar surface area (TPSA) is 29.9 Å². The fourth-order valence-corrected chi connectivity index (χ4v) is 2.24. The van der Waals surface area contributed by atoms with Gasteiger partial charge >= 0.3 is 0 Å². The Morgan fingerprint density at radius 1 is 1.56 bits per heavy atom. The highest BCUT2D eigenvalue weighted by atomic mass is 15.1. The van der Waals surface area contributed by atoms with Gasteiger partial charge in [0.2, 0.25) is 0 Å². The summed E-state index contributed by atoms with van der Waals surface area (Å²) in [6.45, 7) is 10.2. The zero-order valence-corrected chi connectivity index (χ0v) is 11.0. The van der Waals surface area contributed by atoms with Crippen molar-refractivity contribution in [2.75, 3.05) is 7.05 Å². The second kappa shape index (κ2) is 3.59. The molecule has 0 amide bonds. The van der Waals surface area contributed by atoms with Crippen LogP contribution in [0.2, 0.25) is 0 Å². The molecule has 1 saturated carbocycles. The molecule has 0 aliphatic heterocycles. The monoisotopic (exact) mass is 221 g/mol. The van der Waals surface area contributed by atoms with Gasteiger partial charge in [0, 0.05) is 12.7 Å². The van der Waals surface area contributed by atoms with E-state index in [-0.39, 0.29) is 5.54 Å². The Labute approximate surface area is 98.3 Å². The third-order valence-electron chi connectivity index (χ3n) is 4.11. The average Bonchev–Trinajstić information content (AvgIpc) is 2.66. The van der Waals surface area contributed by atoms with E-state index in [1.807, 2.05) is 19.6 Å². The van der Waals surface area contributed by atoms with Crippen LogP contribution in [-0.4, -0.2) is 16.6 Å². The van der Waals surface area contributed by atoms with E-state index in [2.05, 4.69) is 42.6 Å². The number of nitrogens with zero attached hydrogens (tertiary/aromatic N) is 2. The second-order valence-corrected chi connectivity index (χ2v) is 6.20. The summed E-state index contributed by atoms with van der Waals surface area (Å²) in [5, 5.41) is 3.34.